The Kier molecular flexibility index (Phi) is 5.62. The quantitative estimate of drug-likeness (QED) is 0.440. The van der Waals surface area contributed by atoms with Crippen molar-refractivity contribution in [3.05, 3.63) is 107 Å². The van der Waals surface area contributed by atoms with Gasteiger partial charge in [-0.25, -0.2) is 9.69 Å². The number of benzene rings is 3. The number of cyclic esters (lactones) is 1. The van der Waals surface area contributed by atoms with E-state index in [0.29, 0.717) is 16.9 Å². The first kappa shape index (κ1) is 20.1. The number of amides is 2. The highest BCUT2D eigenvalue weighted by Gasteiger charge is 2.40. The predicted molar refractivity (Wildman–Crippen MR) is 114 cm³/mol. The van der Waals surface area contributed by atoms with Gasteiger partial charge in [0, 0.05) is 5.56 Å². The van der Waals surface area contributed by atoms with Crippen LogP contribution in [0.3, 0.4) is 0 Å². The highest BCUT2D eigenvalue weighted by molar-refractivity contribution is 6.34. The predicted octanol–water partition coefficient (Wildman–Crippen LogP) is 4.47. The van der Waals surface area contributed by atoms with E-state index in [1.807, 2.05) is 0 Å². The lowest BCUT2D eigenvalue weighted by atomic mass is 9.95. The second-order valence-electron chi connectivity index (χ2n) is 6.87. The molecule has 154 valence electrons. The number of carbonyl (C=O) groups is 3. The summed E-state index contributed by atoms with van der Waals surface area (Å²) in [5.41, 5.74) is 1.68. The van der Waals surface area contributed by atoms with E-state index in [-0.39, 0.29) is 17.9 Å². The summed E-state index contributed by atoms with van der Waals surface area (Å²) in [7, 11) is 1.56. The molecule has 31 heavy (non-hydrogen) atoms. The van der Waals surface area contributed by atoms with Crippen molar-refractivity contribution in [2.24, 2.45) is 0 Å². The third-order valence-electron chi connectivity index (χ3n) is 4.90. The number of ether oxygens (including phenoxy) is 2. The fourth-order valence-corrected chi connectivity index (χ4v) is 3.30. The number of methoxy groups -OCH3 is 1. The molecule has 3 aromatic rings. The van der Waals surface area contributed by atoms with Crippen LogP contribution in [0.15, 0.2) is 90.7 Å². The van der Waals surface area contributed by atoms with Crippen LogP contribution in [0.4, 0.5) is 4.79 Å². The van der Waals surface area contributed by atoms with Crippen LogP contribution < -0.4 is 4.74 Å². The van der Waals surface area contributed by atoms with Gasteiger partial charge in [-0.3, -0.25) is 9.59 Å². The van der Waals surface area contributed by atoms with Crippen molar-refractivity contribution in [3.8, 4) is 5.75 Å². The Balaban J connectivity index is 1.73. The van der Waals surface area contributed by atoms with Crippen LogP contribution in [0.5, 0.6) is 5.75 Å². The number of hydrogen-bond donors (Lipinski definition) is 0. The highest BCUT2D eigenvalue weighted by Crippen LogP contribution is 2.30. The Hall–Kier alpha value is -4.19. The van der Waals surface area contributed by atoms with Crippen LogP contribution in [-0.4, -0.2) is 29.8 Å². The van der Waals surface area contributed by atoms with Crippen LogP contribution in [0.2, 0.25) is 0 Å². The summed E-state index contributed by atoms with van der Waals surface area (Å²) in [6, 6.07) is 24.3. The van der Waals surface area contributed by atoms with Crippen molar-refractivity contribution >= 4 is 23.4 Å². The van der Waals surface area contributed by atoms with E-state index >= 15 is 0 Å². The molecule has 0 atom stereocenters. The van der Waals surface area contributed by atoms with Crippen LogP contribution >= 0.6 is 0 Å². The average Bonchev–Trinajstić information content (AvgIpc) is 3.09. The minimum Gasteiger partial charge on any atom is -0.497 e. The Morgan fingerprint density at radius 3 is 2.00 bits per heavy atom. The van der Waals surface area contributed by atoms with E-state index in [2.05, 4.69) is 0 Å². The molecular weight excluding hydrogens is 394 g/mol. The van der Waals surface area contributed by atoms with Crippen molar-refractivity contribution in [3.63, 3.8) is 0 Å². The first-order valence-electron chi connectivity index (χ1n) is 9.64. The number of carbonyl (C=O) groups excluding carboxylic acids is 3. The van der Waals surface area contributed by atoms with Crippen LogP contribution in [-0.2, 0) is 16.1 Å². The van der Waals surface area contributed by atoms with E-state index in [1.165, 1.54) is 0 Å². The van der Waals surface area contributed by atoms with Crippen molar-refractivity contribution in [1.82, 2.24) is 4.90 Å². The topological polar surface area (TPSA) is 72.9 Å². The van der Waals surface area contributed by atoms with Gasteiger partial charge in [0.25, 0.3) is 5.91 Å². The summed E-state index contributed by atoms with van der Waals surface area (Å²) in [5, 5.41) is 0. The molecular formula is C25H19NO5. The first-order valence-corrected chi connectivity index (χ1v) is 9.64. The van der Waals surface area contributed by atoms with Gasteiger partial charge in [0.15, 0.2) is 5.78 Å². The number of rotatable bonds is 6. The number of ketones is 1. The maximum absolute atomic E-state index is 13.3. The Morgan fingerprint density at radius 1 is 0.839 bits per heavy atom. The smallest absolute Gasteiger partial charge is 0.422 e. The van der Waals surface area contributed by atoms with Gasteiger partial charge in [-0.1, -0.05) is 72.8 Å². The van der Waals surface area contributed by atoms with E-state index in [9.17, 15) is 14.4 Å². The average molecular weight is 413 g/mol. The summed E-state index contributed by atoms with van der Waals surface area (Å²) in [6.07, 6.45) is -0.815. The fourth-order valence-electron chi connectivity index (χ4n) is 3.30. The number of Topliss-reactive ketones (excluding diaryl/α,β-unsaturated/α-hetero) is 1. The molecule has 0 aromatic heterocycles. The highest BCUT2D eigenvalue weighted by atomic mass is 16.6. The summed E-state index contributed by atoms with van der Waals surface area (Å²) < 4.78 is 10.5. The normalized spacial score (nSPS) is 14.9. The molecule has 1 aliphatic heterocycles. The SMILES string of the molecule is COc1ccc(CN2C(=O)OC(=C(C(=O)c3ccccc3)c3ccccc3)C2=O)cc1. The molecule has 1 heterocycles. The molecule has 0 bridgehead atoms. The number of allylic oxidation sites excluding steroid dienone is 1. The van der Waals surface area contributed by atoms with Gasteiger partial charge in [-0.15, -0.1) is 0 Å². The molecule has 4 rings (SSSR count). The number of hydrogen-bond acceptors (Lipinski definition) is 5. The largest absolute Gasteiger partial charge is 0.497 e. The molecule has 6 heteroatoms. The molecule has 6 nitrogen and oxygen atoms in total. The molecule has 1 fully saturated rings. The molecule has 0 N–H and O–H groups in total. The third-order valence-corrected chi connectivity index (χ3v) is 4.90. The molecule has 0 spiro atoms. The molecule has 1 saturated heterocycles. The maximum Gasteiger partial charge on any atom is 0.422 e. The molecule has 0 unspecified atom stereocenters. The van der Waals surface area contributed by atoms with Gasteiger partial charge in [-0.05, 0) is 23.3 Å². The Labute approximate surface area is 179 Å². The van der Waals surface area contributed by atoms with Crippen molar-refractivity contribution < 1.29 is 23.9 Å². The molecule has 1 aliphatic rings. The Bertz CT molecular complexity index is 1150. The van der Waals surface area contributed by atoms with E-state index in [1.54, 1.807) is 92.0 Å². The molecule has 2 amide bonds. The van der Waals surface area contributed by atoms with Crippen molar-refractivity contribution in [1.29, 1.82) is 0 Å². The molecule has 0 radical (unpaired) electrons. The number of imide groups is 1. The van der Waals surface area contributed by atoms with E-state index < -0.39 is 17.8 Å². The standard InChI is InChI=1S/C25H19NO5/c1-30-20-14-12-17(13-15-20)16-26-24(28)23(31-25(26)29)21(18-8-4-2-5-9-18)22(27)19-10-6-3-7-11-19/h2-15H,16H2,1H3. The van der Waals surface area contributed by atoms with Gasteiger partial charge in [0.05, 0.1) is 19.2 Å². The minimum absolute atomic E-state index is 0.0206. The second kappa shape index (κ2) is 8.67. The zero-order valence-electron chi connectivity index (χ0n) is 16.8. The Morgan fingerprint density at radius 2 is 1.42 bits per heavy atom. The summed E-state index contributed by atoms with van der Waals surface area (Å²) >= 11 is 0. The summed E-state index contributed by atoms with van der Waals surface area (Å²) in [6.45, 7) is 0.0206. The first-order chi connectivity index (χ1) is 15.1. The summed E-state index contributed by atoms with van der Waals surface area (Å²) in [4.78, 5) is 39.9. The van der Waals surface area contributed by atoms with Gasteiger partial charge in [-0.2, -0.15) is 0 Å². The molecule has 0 aliphatic carbocycles. The van der Waals surface area contributed by atoms with Gasteiger partial charge in [0.1, 0.15) is 5.75 Å². The van der Waals surface area contributed by atoms with Crippen LogP contribution in [0.1, 0.15) is 21.5 Å². The number of nitrogens with zero attached hydrogens (tertiary/aromatic N) is 1. The molecule has 3 aromatic carbocycles. The zero-order valence-corrected chi connectivity index (χ0v) is 16.8. The monoisotopic (exact) mass is 413 g/mol. The molecule has 0 saturated carbocycles. The van der Waals surface area contributed by atoms with Gasteiger partial charge >= 0.3 is 6.09 Å². The fraction of sp³-hybridized carbons (Fsp3) is 0.0800. The van der Waals surface area contributed by atoms with Crippen LogP contribution in [0, 0.1) is 0 Å². The third kappa shape index (κ3) is 4.09. The van der Waals surface area contributed by atoms with Crippen molar-refractivity contribution in [2.75, 3.05) is 7.11 Å². The van der Waals surface area contributed by atoms with E-state index in [0.717, 1.165) is 10.5 Å². The van der Waals surface area contributed by atoms with E-state index in [4.69, 9.17) is 9.47 Å². The van der Waals surface area contributed by atoms with Gasteiger partial charge in [0.2, 0.25) is 5.76 Å². The lowest BCUT2D eigenvalue weighted by Gasteiger charge is -2.11. The lowest BCUT2D eigenvalue weighted by molar-refractivity contribution is -0.123. The van der Waals surface area contributed by atoms with Gasteiger partial charge < -0.3 is 9.47 Å². The zero-order chi connectivity index (χ0) is 21.8. The second-order valence-corrected chi connectivity index (χ2v) is 6.87. The maximum atomic E-state index is 13.3. The minimum atomic E-state index is -0.815. The lowest BCUT2D eigenvalue weighted by Crippen LogP contribution is -2.28. The van der Waals surface area contributed by atoms with Crippen molar-refractivity contribution in [2.45, 2.75) is 6.54 Å². The van der Waals surface area contributed by atoms with Crippen LogP contribution in [0.25, 0.3) is 5.57 Å². The summed E-state index contributed by atoms with van der Waals surface area (Å²) in [5.74, 6) is -0.642.